The molecule has 0 aliphatic carbocycles. The number of carbonyl (C=O) groups excluding carboxylic acids is 1. The quantitative estimate of drug-likeness (QED) is 0.899. The van der Waals surface area contributed by atoms with Crippen molar-refractivity contribution in [3.05, 3.63) is 23.3 Å². The van der Waals surface area contributed by atoms with E-state index in [1.165, 1.54) is 11.1 Å². The lowest BCUT2D eigenvalue weighted by Gasteiger charge is -2.45. The predicted molar refractivity (Wildman–Crippen MR) is 95.0 cm³/mol. The Labute approximate surface area is 149 Å². The van der Waals surface area contributed by atoms with Crippen LogP contribution in [-0.4, -0.2) is 50.8 Å². The molecule has 2 aliphatic rings. The third kappa shape index (κ3) is 3.20. The van der Waals surface area contributed by atoms with Crippen molar-refractivity contribution in [3.63, 3.8) is 0 Å². The molecule has 2 heterocycles. The van der Waals surface area contributed by atoms with Gasteiger partial charge in [0.25, 0.3) is 0 Å². The minimum atomic E-state index is -0.405. The predicted octanol–water partition coefficient (Wildman–Crippen LogP) is 1.83. The number of nitrogens with zero attached hydrogens (tertiary/aromatic N) is 1. The van der Waals surface area contributed by atoms with E-state index in [4.69, 9.17) is 19.9 Å². The van der Waals surface area contributed by atoms with Gasteiger partial charge in [0.2, 0.25) is 5.91 Å². The molecule has 1 amide bonds. The van der Waals surface area contributed by atoms with E-state index in [2.05, 4.69) is 6.07 Å². The topological polar surface area (TPSA) is 74.0 Å². The van der Waals surface area contributed by atoms with Crippen LogP contribution in [0.4, 0.5) is 0 Å². The summed E-state index contributed by atoms with van der Waals surface area (Å²) in [5.74, 6) is 1.51. The number of amides is 1. The van der Waals surface area contributed by atoms with Gasteiger partial charge in [-0.2, -0.15) is 0 Å². The van der Waals surface area contributed by atoms with Crippen molar-refractivity contribution >= 4 is 5.91 Å². The summed E-state index contributed by atoms with van der Waals surface area (Å²) in [5, 5.41) is 0. The fourth-order valence-corrected chi connectivity index (χ4v) is 3.90. The molecule has 2 aliphatic heterocycles. The Balaban J connectivity index is 1.85. The molecule has 0 aromatic heterocycles. The highest BCUT2D eigenvalue weighted by atomic mass is 16.5. The number of methoxy groups -OCH3 is 2. The zero-order chi connectivity index (χ0) is 18.0. The third-order valence-corrected chi connectivity index (χ3v) is 5.49. The largest absolute Gasteiger partial charge is 0.493 e. The molecule has 1 atom stereocenters. The number of hydrogen-bond acceptors (Lipinski definition) is 5. The van der Waals surface area contributed by atoms with Gasteiger partial charge in [0.05, 0.1) is 32.5 Å². The molecule has 0 saturated carbocycles. The van der Waals surface area contributed by atoms with Gasteiger partial charge in [-0.25, -0.2) is 0 Å². The van der Waals surface area contributed by atoms with Gasteiger partial charge in [0.15, 0.2) is 11.5 Å². The van der Waals surface area contributed by atoms with Crippen LogP contribution in [0, 0.1) is 0 Å². The fourth-order valence-electron chi connectivity index (χ4n) is 3.90. The number of benzene rings is 1. The van der Waals surface area contributed by atoms with Crippen molar-refractivity contribution in [2.75, 3.05) is 33.9 Å². The van der Waals surface area contributed by atoms with Gasteiger partial charge in [0.1, 0.15) is 0 Å². The second-order valence-corrected chi connectivity index (χ2v) is 6.80. The monoisotopic (exact) mass is 348 g/mol. The molecule has 1 aromatic carbocycles. The highest BCUT2D eigenvalue weighted by molar-refractivity contribution is 5.81. The SMILES string of the molecule is CC[C@H](N)C(=O)N1CCC2(CC1)OCCc1cc(OC)c(OC)cc12. The number of likely N-dealkylation sites (tertiary alicyclic amines) is 1. The van der Waals surface area contributed by atoms with Gasteiger partial charge >= 0.3 is 0 Å². The van der Waals surface area contributed by atoms with Crippen LogP contribution in [0.15, 0.2) is 12.1 Å². The van der Waals surface area contributed by atoms with Crippen LogP contribution in [0.3, 0.4) is 0 Å². The van der Waals surface area contributed by atoms with E-state index in [9.17, 15) is 4.79 Å². The summed E-state index contributed by atoms with van der Waals surface area (Å²) in [5.41, 5.74) is 7.98. The molecule has 1 fully saturated rings. The van der Waals surface area contributed by atoms with Gasteiger partial charge in [-0.05, 0) is 48.9 Å². The lowest BCUT2D eigenvalue weighted by Crippen LogP contribution is -2.52. The Hall–Kier alpha value is -1.79. The number of carbonyl (C=O) groups is 1. The maximum atomic E-state index is 12.4. The zero-order valence-corrected chi connectivity index (χ0v) is 15.3. The first-order valence-electron chi connectivity index (χ1n) is 8.98. The number of fused-ring (bicyclic) bond motifs is 2. The van der Waals surface area contributed by atoms with E-state index >= 15 is 0 Å². The van der Waals surface area contributed by atoms with E-state index < -0.39 is 6.04 Å². The van der Waals surface area contributed by atoms with Crippen LogP contribution in [0.2, 0.25) is 0 Å². The molecular weight excluding hydrogens is 320 g/mol. The Morgan fingerprint density at radius 2 is 1.92 bits per heavy atom. The van der Waals surface area contributed by atoms with Crippen LogP contribution in [0.5, 0.6) is 11.5 Å². The molecule has 1 spiro atoms. The summed E-state index contributed by atoms with van der Waals surface area (Å²) < 4.78 is 17.2. The first kappa shape index (κ1) is 18.0. The molecule has 3 rings (SSSR count). The molecule has 25 heavy (non-hydrogen) atoms. The van der Waals surface area contributed by atoms with Crippen molar-refractivity contribution in [2.45, 2.75) is 44.2 Å². The average Bonchev–Trinajstić information content (AvgIpc) is 2.66. The minimum absolute atomic E-state index is 0.0423. The van der Waals surface area contributed by atoms with Gasteiger partial charge < -0.3 is 24.8 Å². The van der Waals surface area contributed by atoms with Crippen molar-refractivity contribution in [1.29, 1.82) is 0 Å². The summed E-state index contributed by atoms with van der Waals surface area (Å²) in [6.07, 6.45) is 3.08. The molecule has 0 bridgehead atoms. The number of hydrogen-bond donors (Lipinski definition) is 1. The smallest absolute Gasteiger partial charge is 0.239 e. The summed E-state index contributed by atoms with van der Waals surface area (Å²) in [6, 6.07) is 3.70. The van der Waals surface area contributed by atoms with Crippen molar-refractivity contribution in [2.24, 2.45) is 5.73 Å². The first-order chi connectivity index (χ1) is 12.0. The van der Waals surface area contributed by atoms with Gasteiger partial charge in [0, 0.05) is 13.1 Å². The van der Waals surface area contributed by atoms with E-state index in [0.29, 0.717) is 26.1 Å². The summed E-state index contributed by atoms with van der Waals surface area (Å²) >= 11 is 0. The normalized spacial score (nSPS) is 20.1. The fraction of sp³-hybridized carbons (Fsp3) is 0.632. The van der Waals surface area contributed by atoms with Gasteiger partial charge in [-0.1, -0.05) is 6.92 Å². The number of piperidine rings is 1. The Kier molecular flexibility index (Phi) is 5.20. The lowest BCUT2D eigenvalue weighted by molar-refractivity contribution is -0.142. The Morgan fingerprint density at radius 3 is 2.52 bits per heavy atom. The number of rotatable bonds is 4. The molecule has 1 saturated heterocycles. The first-order valence-corrected chi connectivity index (χ1v) is 8.98. The number of nitrogens with two attached hydrogens (primary N) is 1. The highest BCUT2D eigenvalue weighted by Gasteiger charge is 2.42. The average molecular weight is 348 g/mol. The van der Waals surface area contributed by atoms with Gasteiger partial charge in [-0.3, -0.25) is 4.79 Å². The Bertz CT molecular complexity index is 639. The zero-order valence-electron chi connectivity index (χ0n) is 15.3. The van der Waals surface area contributed by atoms with E-state index in [1.54, 1.807) is 14.2 Å². The molecule has 2 N–H and O–H groups in total. The lowest BCUT2D eigenvalue weighted by atomic mass is 9.79. The van der Waals surface area contributed by atoms with Crippen LogP contribution < -0.4 is 15.2 Å². The molecule has 6 heteroatoms. The van der Waals surface area contributed by atoms with Crippen LogP contribution >= 0.6 is 0 Å². The molecular formula is C19H28N2O4. The maximum absolute atomic E-state index is 12.4. The van der Waals surface area contributed by atoms with Crippen LogP contribution in [0.1, 0.15) is 37.3 Å². The standard InChI is InChI=1S/C19H28N2O4/c1-4-15(20)18(22)21-8-6-19(7-9-21)14-12-17(24-3)16(23-2)11-13(14)5-10-25-19/h11-12,15H,4-10,20H2,1-3H3/t15-/m0/s1. The van der Waals surface area contributed by atoms with E-state index in [0.717, 1.165) is 30.8 Å². The summed E-state index contributed by atoms with van der Waals surface area (Å²) in [7, 11) is 3.30. The van der Waals surface area contributed by atoms with E-state index in [1.807, 2.05) is 17.9 Å². The summed E-state index contributed by atoms with van der Waals surface area (Å²) in [6.45, 7) is 3.96. The third-order valence-electron chi connectivity index (χ3n) is 5.49. The second kappa shape index (κ2) is 7.22. The van der Waals surface area contributed by atoms with Crippen molar-refractivity contribution in [1.82, 2.24) is 4.90 Å². The van der Waals surface area contributed by atoms with Crippen LogP contribution in [-0.2, 0) is 21.6 Å². The van der Waals surface area contributed by atoms with Crippen molar-refractivity contribution < 1.29 is 19.0 Å². The minimum Gasteiger partial charge on any atom is -0.493 e. The molecule has 1 aromatic rings. The Morgan fingerprint density at radius 1 is 1.28 bits per heavy atom. The highest BCUT2D eigenvalue weighted by Crippen LogP contribution is 2.45. The number of ether oxygens (including phenoxy) is 3. The second-order valence-electron chi connectivity index (χ2n) is 6.80. The molecule has 0 radical (unpaired) electrons. The van der Waals surface area contributed by atoms with Crippen molar-refractivity contribution in [3.8, 4) is 11.5 Å². The van der Waals surface area contributed by atoms with Gasteiger partial charge in [-0.15, -0.1) is 0 Å². The summed E-state index contributed by atoms with van der Waals surface area (Å²) in [4.78, 5) is 14.2. The molecule has 138 valence electrons. The molecule has 6 nitrogen and oxygen atoms in total. The van der Waals surface area contributed by atoms with Crippen LogP contribution in [0.25, 0.3) is 0 Å². The van der Waals surface area contributed by atoms with E-state index in [-0.39, 0.29) is 11.5 Å². The maximum Gasteiger partial charge on any atom is 0.239 e. The molecule has 0 unspecified atom stereocenters.